The monoisotopic (exact) mass is 275 g/mol. The molecule has 1 atom stereocenters. The first-order valence-electron chi connectivity index (χ1n) is 4.77. The van der Waals surface area contributed by atoms with Gasteiger partial charge in [0.2, 0.25) is 5.75 Å². The molecular weight excluding hydrogens is 266 g/mol. The number of halogens is 1. The van der Waals surface area contributed by atoms with Gasteiger partial charge in [-0.15, -0.1) is 0 Å². The van der Waals surface area contributed by atoms with E-state index in [2.05, 4.69) is 0 Å². The van der Waals surface area contributed by atoms with Gasteiger partial charge in [0.25, 0.3) is 0 Å². The van der Waals surface area contributed by atoms with Crippen molar-refractivity contribution in [2.75, 3.05) is 6.61 Å². The van der Waals surface area contributed by atoms with E-state index in [1.807, 2.05) is 0 Å². The Bertz CT molecular complexity index is 487. The highest BCUT2D eigenvalue weighted by atomic mass is 35.5. The molecule has 0 amide bonds. The second-order valence-corrected chi connectivity index (χ2v) is 4.12. The minimum Gasteiger partial charge on any atom is -0.482 e. The lowest BCUT2D eigenvalue weighted by atomic mass is 10.1. The van der Waals surface area contributed by atoms with Crippen molar-refractivity contribution in [1.82, 2.24) is 0 Å². The number of aliphatic carboxylic acids is 1. The van der Waals surface area contributed by atoms with Crippen LogP contribution in [-0.4, -0.2) is 33.3 Å². The number of benzene rings is 1. The first kappa shape index (κ1) is 14.2. The Balaban J connectivity index is 2.98. The molecule has 2 N–H and O–H groups in total. The maximum absolute atomic E-state index is 10.7. The van der Waals surface area contributed by atoms with E-state index in [4.69, 9.17) is 21.4 Å². The van der Waals surface area contributed by atoms with Crippen LogP contribution in [0.3, 0.4) is 0 Å². The molecule has 0 aliphatic rings. The molecule has 18 heavy (non-hydrogen) atoms. The Kier molecular flexibility index (Phi) is 4.10. The maximum Gasteiger partial charge on any atom is 0.339 e. The zero-order chi connectivity index (χ0) is 13.9. The standard InChI is InChI=1S/C10H10ClNO6/c1-10(15,9(13)14)5-18-8-6(11)3-2-4-7(8)12(16)17/h2-4,15H,5H2,1H3,(H,13,14). The highest BCUT2D eigenvalue weighted by Gasteiger charge is 2.32. The number of hydrogen-bond donors (Lipinski definition) is 2. The number of nitro groups is 1. The van der Waals surface area contributed by atoms with Crippen LogP contribution in [0.25, 0.3) is 0 Å². The molecule has 1 rings (SSSR count). The molecule has 0 fully saturated rings. The summed E-state index contributed by atoms with van der Waals surface area (Å²) in [5.41, 5.74) is -2.56. The fraction of sp³-hybridized carbons (Fsp3) is 0.300. The normalized spacial score (nSPS) is 13.7. The summed E-state index contributed by atoms with van der Waals surface area (Å²) in [6.07, 6.45) is 0. The van der Waals surface area contributed by atoms with Gasteiger partial charge in [0.1, 0.15) is 6.61 Å². The van der Waals surface area contributed by atoms with Crippen LogP contribution in [0.1, 0.15) is 6.92 Å². The van der Waals surface area contributed by atoms with Gasteiger partial charge in [-0.2, -0.15) is 0 Å². The molecule has 1 aromatic rings. The summed E-state index contributed by atoms with van der Waals surface area (Å²) in [6, 6.07) is 3.89. The Hall–Kier alpha value is -1.86. The second kappa shape index (κ2) is 5.19. The maximum atomic E-state index is 10.7. The smallest absolute Gasteiger partial charge is 0.339 e. The minimum atomic E-state index is -2.16. The van der Waals surface area contributed by atoms with Gasteiger partial charge < -0.3 is 14.9 Å². The van der Waals surface area contributed by atoms with Crippen molar-refractivity contribution < 1.29 is 24.7 Å². The molecular formula is C10H10ClNO6. The van der Waals surface area contributed by atoms with E-state index >= 15 is 0 Å². The van der Waals surface area contributed by atoms with E-state index in [-0.39, 0.29) is 10.8 Å². The van der Waals surface area contributed by atoms with Crippen LogP contribution in [0.2, 0.25) is 5.02 Å². The summed E-state index contributed by atoms with van der Waals surface area (Å²) in [6.45, 7) is 0.352. The first-order chi connectivity index (χ1) is 8.25. The van der Waals surface area contributed by atoms with Gasteiger partial charge in [-0.3, -0.25) is 10.1 Å². The van der Waals surface area contributed by atoms with E-state index < -0.39 is 28.8 Å². The summed E-state index contributed by atoms with van der Waals surface area (Å²) in [7, 11) is 0. The van der Waals surface area contributed by atoms with Crippen molar-refractivity contribution in [3.63, 3.8) is 0 Å². The molecule has 0 saturated carbocycles. The fourth-order valence-corrected chi connectivity index (χ4v) is 1.28. The number of carboxylic acid groups (broad SMARTS) is 1. The minimum absolute atomic E-state index is 0.0367. The van der Waals surface area contributed by atoms with Gasteiger partial charge >= 0.3 is 11.7 Å². The Morgan fingerprint density at radius 3 is 2.72 bits per heavy atom. The molecule has 0 saturated heterocycles. The predicted molar refractivity (Wildman–Crippen MR) is 61.9 cm³/mol. The molecule has 8 heteroatoms. The number of para-hydroxylation sites is 1. The molecule has 0 aliphatic heterocycles. The van der Waals surface area contributed by atoms with E-state index in [0.717, 1.165) is 13.0 Å². The third-order valence-electron chi connectivity index (χ3n) is 2.10. The Morgan fingerprint density at radius 2 is 2.22 bits per heavy atom. The van der Waals surface area contributed by atoms with Gasteiger partial charge in [0, 0.05) is 6.07 Å². The largest absolute Gasteiger partial charge is 0.482 e. The molecule has 0 bridgehead atoms. The molecule has 0 spiro atoms. The molecule has 1 aromatic carbocycles. The summed E-state index contributed by atoms with van der Waals surface area (Å²) in [4.78, 5) is 20.7. The molecule has 1 unspecified atom stereocenters. The molecule has 0 radical (unpaired) electrons. The van der Waals surface area contributed by atoms with Gasteiger partial charge in [-0.25, -0.2) is 4.79 Å². The van der Waals surface area contributed by atoms with Crippen LogP contribution >= 0.6 is 11.6 Å². The number of nitrogens with zero attached hydrogens (tertiary/aromatic N) is 1. The zero-order valence-corrected chi connectivity index (χ0v) is 10.0. The molecule has 0 aliphatic carbocycles. The molecule has 0 heterocycles. The third-order valence-corrected chi connectivity index (χ3v) is 2.40. The number of carbonyl (C=O) groups is 1. The van der Waals surface area contributed by atoms with Crippen molar-refractivity contribution in [1.29, 1.82) is 0 Å². The highest BCUT2D eigenvalue weighted by Crippen LogP contribution is 2.34. The first-order valence-corrected chi connectivity index (χ1v) is 5.15. The lowest BCUT2D eigenvalue weighted by Crippen LogP contribution is -2.41. The summed E-state index contributed by atoms with van der Waals surface area (Å²) >= 11 is 5.72. The van der Waals surface area contributed by atoms with E-state index in [0.29, 0.717) is 0 Å². The predicted octanol–water partition coefficient (Wildman–Crippen LogP) is 1.46. The van der Waals surface area contributed by atoms with Crippen LogP contribution in [0, 0.1) is 10.1 Å². The van der Waals surface area contributed by atoms with E-state index in [1.165, 1.54) is 12.1 Å². The Labute approximate surface area is 107 Å². The number of nitro benzene ring substituents is 1. The van der Waals surface area contributed by atoms with Crippen molar-refractivity contribution in [3.05, 3.63) is 33.3 Å². The van der Waals surface area contributed by atoms with Crippen molar-refractivity contribution in [2.24, 2.45) is 0 Å². The van der Waals surface area contributed by atoms with Crippen molar-refractivity contribution in [3.8, 4) is 5.75 Å². The third kappa shape index (κ3) is 3.08. The number of rotatable bonds is 5. The lowest BCUT2D eigenvalue weighted by Gasteiger charge is -2.18. The fourth-order valence-electron chi connectivity index (χ4n) is 1.06. The molecule has 7 nitrogen and oxygen atoms in total. The van der Waals surface area contributed by atoms with Crippen LogP contribution in [-0.2, 0) is 4.79 Å². The number of hydrogen-bond acceptors (Lipinski definition) is 5. The SMILES string of the molecule is CC(O)(COc1c(Cl)cccc1[N+](=O)[O-])C(=O)O. The average molecular weight is 276 g/mol. The van der Waals surface area contributed by atoms with Crippen molar-refractivity contribution in [2.45, 2.75) is 12.5 Å². The summed E-state index contributed by atoms with van der Waals surface area (Å²) in [5.74, 6) is -1.78. The van der Waals surface area contributed by atoms with Gasteiger partial charge in [-0.05, 0) is 13.0 Å². The summed E-state index contributed by atoms with van der Waals surface area (Å²) < 4.78 is 4.95. The van der Waals surface area contributed by atoms with E-state index in [9.17, 15) is 20.0 Å². The number of carboxylic acids is 1. The van der Waals surface area contributed by atoms with Crippen LogP contribution in [0.5, 0.6) is 5.75 Å². The average Bonchev–Trinajstić information content (AvgIpc) is 2.26. The molecule has 98 valence electrons. The molecule has 0 aromatic heterocycles. The van der Waals surface area contributed by atoms with Crippen molar-refractivity contribution >= 4 is 23.3 Å². The lowest BCUT2D eigenvalue weighted by molar-refractivity contribution is -0.386. The highest BCUT2D eigenvalue weighted by molar-refractivity contribution is 6.32. The zero-order valence-electron chi connectivity index (χ0n) is 9.29. The second-order valence-electron chi connectivity index (χ2n) is 3.71. The van der Waals surface area contributed by atoms with Crippen LogP contribution in [0.4, 0.5) is 5.69 Å². The van der Waals surface area contributed by atoms with Crippen LogP contribution < -0.4 is 4.74 Å². The topological polar surface area (TPSA) is 110 Å². The Morgan fingerprint density at radius 1 is 1.61 bits per heavy atom. The van der Waals surface area contributed by atoms with E-state index in [1.54, 1.807) is 0 Å². The summed E-state index contributed by atoms with van der Waals surface area (Å²) in [5, 5.41) is 28.8. The van der Waals surface area contributed by atoms with Gasteiger partial charge in [-0.1, -0.05) is 17.7 Å². The number of aliphatic hydroxyl groups is 1. The quantitative estimate of drug-likeness (QED) is 0.622. The number of ether oxygens (including phenoxy) is 1. The van der Waals surface area contributed by atoms with Gasteiger partial charge in [0.05, 0.1) is 9.95 Å². The van der Waals surface area contributed by atoms with Crippen LogP contribution in [0.15, 0.2) is 18.2 Å². The van der Waals surface area contributed by atoms with Gasteiger partial charge in [0.15, 0.2) is 5.60 Å².